The molecule has 0 fully saturated rings. The van der Waals surface area contributed by atoms with Crippen molar-refractivity contribution in [1.29, 1.82) is 5.26 Å². The van der Waals surface area contributed by atoms with E-state index in [4.69, 9.17) is 14.3 Å². The third kappa shape index (κ3) is 5.76. The molecule has 2 heterocycles. The van der Waals surface area contributed by atoms with Gasteiger partial charge in [0.2, 0.25) is 5.69 Å². The highest BCUT2D eigenvalue weighted by atomic mass is 16.5. The second kappa shape index (κ2) is 10.7. The molecule has 2 aromatic carbocycles. The number of rotatable bonds is 9. The molecule has 35 heavy (non-hydrogen) atoms. The average Bonchev–Trinajstić information content (AvgIpc) is 3.43. The molecule has 0 aliphatic rings. The summed E-state index contributed by atoms with van der Waals surface area (Å²) >= 11 is 0. The number of nitriles is 1. The Balaban J connectivity index is 1.64. The summed E-state index contributed by atoms with van der Waals surface area (Å²) in [7, 11) is 0. The fourth-order valence-corrected chi connectivity index (χ4v) is 3.52. The van der Waals surface area contributed by atoms with Crippen LogP contribution in [0.4, 0.5) is 5.88 Å². The highest BCUT2D eigenvalue weighted by molar-refractivity contribution is 5.89. The zero-order chi connectivity index (χ0) is 24.8. The van der Waals surface area contributed by atoms with Crippen LogP contribution in [-0.2, 0) is 0 Å². The van der Waals surface area contributed by atoms with E-state index in [1.807, 2.05) is 66.3 Å². The number of ether oxygens (including phenoxy) is 1. The predicted octanol–water partition coefficient (Wildman–Crippen LogP) is 5.89. The first-order chi connectivity index (χ1) is 16.9. The van der Waals surface area contributed by atoms with Crippen molar-refractivity contribution >= 4 is 12.1 Å². The van der Waals surface area contributed by atoms with E-state index < -0.39 is 0 Å². The second-order valence-electron chi connectivity index (χ2n) is 8.62. The van der Waals surface area contributed by atoms with Crippen LogP contribution in [0.15, 0.2) is 64.2 Å². The van der Waals surface area contributed by atoms with E-state index in [-0.39, 0.29) is 11.6 Å². The Bertz CT molecular complexity index is 1360. The van der Waals surface area contributed by atoms with Crippen molar-refractivity contribution in [3.8, 4) is 28.8 Å². The molecule has 2 aromatic heterocycles. The number of hydrogen-bond donors (Lipinski definition) is 1. The zero-order valence-electron chi connectivity index (χ0n) is 20.3. The number of anilines is 1. The molecule has 178 valence electrons. The van der Waals surface area contributed by atoms with E-state index in [0.717, 1.165) is 40.2 Å². The predicted molar refractivity (Wildman–Crippen MR) is 136 cm³/mol. The number of nitrogens with one attached hydrogen (secondary N) is 1. The number of para-hydroxylation sites is 1. The molecule has 0 atom stereocenters. The van der Waals surface area contributed by atoms with Crippen LogP contribution in [0.1, 0.15) is 43.0 Å². The van der Waals surface area contributed by atoms with Crippen molar-refractivity contribution in [3.63, 3.8) is 0 Å². The van der Waals surface area contributed by atoms with Crippen LogP contribution < -0.4 is 10.2 Å². The lowest BCUT2D eigenvalue weighted by Gasteiger charge is -2.11. The summed E-state index contributed by atoms with van der Waals surface area (Å²) in [6.07, 6.45) is 4.58. The molecule has 4 aromatic rings. The van der Waals surface area contributed by atoms with E-state index in [0.29, 0.717) is 18.4 Å². The van der Waals surface area contributed by atoms with Gasteiger partial charge in [0.15, 0.2) is 5.89 Å². The van der Waals surface area contributed by atoms with Crippen molar-refractivity contribution in [1.82, 2.24) is 14.8 Å². The number of benzene rings is 2. The van der Waals surface area contributed by atoms with Gasteiger partial charge in [-0.25, -0.2) is 15.1 Å². The monoisotopic (exact) mass is 468 g/mol. The van der Waals surface area contributed by atoms with Gasteiger partial charge in [-0.3, -0.25) is 0 Å². The number of oxazole rings is 1. The molecule has 0 saturated carbocycles. The molecule has 0 amide bonds. The number of aromatic nitrogens is 3. The van der Waals surface area contributed by atoms with Crippen LogP contribution in [0.5, 0.6) is 5.75 Å². The molecule has 8 heteroatoms. The van der Waals surface area contributed by atoms with Gasteiger partial charge in [-0.2, -0.15) is 15.5 Å². The summed E-state index contributed by atoms with van der Waals surface area (Å²) in [5.41, 5.74) is 7.42. The molecule has 0 spiro atoms. The lowest BCUT2D eigenvalue weighted by atomic mass is 10.1. The van der Waals surface area contributed by atoms with Gasteiger partial charge in [0.25, 0.3) is 5.88 Å². The SMILES string of the molecule is Cc1nc(C#N)c(N/N=C/c2cn(-c3ccccc3)nc2-c2ccc(OCCC(C)C)c(C)c2)o1. The van der Waals surface area contributed by atoms with E-state index >= 15 is 0 Å². The fourth-order valence-electron chi connectivity index (χ4n) is 3.52. The minimum Gasteiger partial charge on any atom is -0.493 e. The molecular formula is C27H28N6O2. The maximum absolute atomic E-state index is 9.21. The molecular weight excluding hydrogens is 440 g/mol. The van der Waals surface area contributed by atoms with Crippen molar-refractivity contribution in [2.45, 2.75) is 34.1 Å². The number of aryl methyl sites for hydroxylation is 2. The average molecular weight is 469 g/mol. The number of hydrogen-bond acceptors (Lipinski definition) is 7. The summed E-state index contributed by atoms with van der Waals surface area (Å²) in [6, 6.07) is 17.9. The smallest absolute Gasteiger partial charge is 0.252 e. The van der Waals surface area contributed by atoms with Gasteiger partial charge in [0, 0.05) is 24.2 Å². The Morgan fingerprint density at radius 2 is 2.00 bits per heavy atom. The van der Waals surface area contributed by atoms with Crippen LogP contribution >= 0.6 is 0 Å². The standard InChI is InChI=1S/C27H28N6O2/c1-18(2)12-13-34-25-11-10-21(14-19(25)3)26-22(17-33(32-26)23-8-6-5-7-9-23)16-29-31-27-24(15-28)30-20(4)35-27/h5-11,14,16-18,31H,12-13H2,1-4H3/b29-16+. The van der Waals surface area contributed by atoms with Gasteiger partial charge in [0.1, 0.15) is 17.5 Å². The van der Waals surface area contributed by atoms with Crippen LogP contribution in [0.25, 0.3) is 16.9 Å². The van der Waals surface area contributed by atoms with Gasteiger partial charge in [-0.05, 0) is 55.2 Å². The van der Waals surface area contributed by atoms with Crippen molar-refractivity contribution in [2.75, 3.05) is 12.0 Å². The maximum Gasteiger partial charge on any atom is 0.252 e. The molecule has 1 N–H and O–H groups in total. The Labute approximate surface area is 204 Å². The maximum atomic E-state index is 9.21. The third-order valence-electron chi connectivity index (χ3n) is 5.37. The highest BCUT2D eigenvalue weighted by Crippen LogP contribution is 2.28. The van der Waals surface area contributed by atoms with Crippen LogP contribution in [0, 0.1) is 31.1 Å². The van der Waals surface area contributed by atoms with Crippen molar-refractivity contribution in [2.24, 2.45) is 11.0 Å². The Morgan fingerprint density at radius 3 is 2.71 bits per heavy atom. The Kier molecular flexibility index (Phi) is 7.27. The second-order valence-corrected chi connectivity index (χ2v) is 8.62. The van der Waals surface area contributed by atoms with E-state index in [9.17, 15) is 5.26 Å². The molecule has 0 unspecified atom stereocenters. The van der Waals surface area contributed by atoms with Gasteiger partial charge in [0.05, 0.1) is 18.5 Å². The summed E-state index contributed by atoms with van der Waals surface area (Å²) in [6.45, 7) is 8.77. The van der Waals surface area contributed by atoms with Gasteiger partial charge in [-0.1, -0.05) is 32.0 Å². The Hall–Kier alpha value is -4.38. The molecule has 0 aliphatic carbocycles. The molecule has 0 saturated heterocycles. The summed E-state index contributed by atoms with van der Waals surface area (Å²) in [5, 5.41) is 18.3. The Morgan fingerprint density at radius 1 is 1.20 bits per heavy atom. The van der Waals surface area contributed by atoms with E-state index in [1.165, 1.54) is 0 Å². The van der Waals surface area contributed by atoms with Gasteiger partial charge in [-0.15, -0.1) is 0 Å². The molecule has 0 bridgehead atoms. The van der Waals surface area contributed by atoms with E-state index in [2.05, 4.69) is 35.4 Å². The van der Waals surface area contributed by atoms with Crippen LogP contribution in [-0.4, -0.2) is 27.6 Å². The van der Waals surface area contributed by atoms with Crippen LogP contribution in [0.3, 0.4) is 0 Å². The highest BCUT2D eigenvalue weighted by Gasteiger charge is 2.14. The quantitative estimate of drug-likeness (QED) is 0.243. The van der Waals surface area contributed by atoms with E-state index in [1.54, 1.807) is 13.1 Å². The first kappa shape index (κ1) is 23.8. The molecule has 4 rings (SSSR count). The number of nitrogens with zero attached hydrogens (tertiary/aromatic N) is 5. The normalized spacial score (nSPS) is 11.2. The third-order valence-corrected chi connectivity index (χ3v) is 5.37. The summed E-state index contributed by atoms with van der Waals surface area (Å²) in [4.78, 5) is 4.02. The van der Waals surface area contributed by atoms with Gasteiger partial charge < -0.3 is 9.15 Å². The first-order valence-corrected chi connectivity index (χ1v) is 11.5. The molecule has 8 nitrogen and oxygen atoms in total. The van der Waals surface area contributed by atoms with Crippen molar-refractivity contribution < 1.29 is 9.15 Å². The van der Waals surface area contributed by atoms with Crippen molar-refractivity contribution in [3.05, 3.63) is 77.4 Å². The lowest BCUT2D eigenvalue weighted by molar-refractivity contribution is 0.288. The molecule has 0 aliphatic heterocycles. The number of hydrazone groups is 1. The fraction of sp³-hybridized carbons (Fsp3) is 0.259. The first-order valence-electron chi connectivity index (χ1n) is 11.5. The minimum atomic E-state index is 0.156. The minimum absolute atomic E-state index is 0.156. The zero-order valence-corrected chi connectivity index (χ0v) is 20.3. The van der Waals surface area contributed by atoms with Gasteiger partial charge >= 0.3 is 0 Å². The van der Waals surface area contributed by atoms with Crippen LogP contribution in [0.2, 0.25) is 0 Å². The lowest BCUT2D eigenvalue weighted by Crippen LogP contribution is -2.02. The summed E-state index contributed by atoms with van der Waals surface area (Å²) < 4.78 is 13.2. The largest absolute Gasteiger partial charge is 0.493 e. The summed E-state index contributed by atoms with van der Waals surface area (Å²) in [5.74, 6) is 2.07. The molecule has 0 radical (unpaired) electrons. The topological polar surface area (TPSA) is 101 Å².